The van der Waals surface area contributed by atoms with Gasteiger partial charge in [-0.2, -0.15) is 0 Å². The zero-order valence-corrected chi connectivity index (χ0v) is 11.6. The second kappa shape index (κ2) is 6.18. The van der Waals surface area contributed by atoms with Gasteiger partial charge in [-0.1, -0.05) is 13.0 Å². The Kier molecular flexibility index (Phi) is 5.55. The summed E-state index contributed by atoms with van der Waals surface area (Å²) in [6, 6.07) is 0. The summed E-state index contributed by atoms with van der Waals surface area (Å²) in [4.78, 5) is 23.3. The summed E-state index contributed by atoms with van der Waals surface area (Å²) in [7, 11) is 1.59. The highest BCUT2D eigenvalue weighted by Gasteiger charge is 2.30. The van der Waals surface area contributed by atoms with E-state index in [-0.39, 0.29) is 5.70 Å². The fourth-order valence-corrected chi connectivity index (χ4v) is 1.22. The molecule has 0 spiro atoms. The number of nitrogens with two attached hydrogens (primary N) is 1. The number of hydrogen-bond acceptors (Lipinski definition) is 4. The fraction of sp³-hybridized carbons (Fsp3) is 0.583. The average molecular weight is 255 g/mol. The van der Waals surface area contributed by atoms with Gasteiger partial charge in [-0.05, 0) is 27.2 Å². The van der Waals surface area contributed by atoms with E-state index in [2.05, 4.69) is 0 Å². The fourth-order valence-electron chi connectivity index (χ4n) is 1.22. The lowest BCUT2D eigenvalue weighted by atomic mass is 10.0. The van der Waals surface area contributed by atoms with Crippen molar-refractivity contribution in [3.05, 3.63) is 33.7 Å². The van der Waals surface area contributed by atoms with Gasteiger partial charge in [0.2, 0.25) is 5.91 Å². The molecule has 0 fully saturated rings. The monoisotopic (exact) mass is 255 g/mol. The molecule has 0 bridgehead atoms. The van der Waals surface area contributed by atoms with Gasteiger partial charge >= 0.3 is 0 Å². The van der Waals surface area contributed by atoms with E-state index in [9.17, 15) is 14.9 Å². The molecular weight excluding hydrogens is 234 g/mol. The highest BCUT2D eigenvalue weighted by atomic mass is 16.6. The maximum atomic E-state index is 11.3. The zero-order chi connectivity index (χ0) is 14.5. The number of rotatable bonds is 6. The van der Waals surface area contributed by atoms with Gasteiger partial charge in [0.15, 0.2) is 0 Å². The Hall–Kier alpha value is -1.85. The Morgan fingerprint density at radius 1 is 1.50 bits per heavy atom. The number of allylic oxidation sites excluding steroid dienone is 2. The third-order valence-electron chi connectivity index (χ3n) is 2.91. The molecule has 2 N–H and O–H groups in total. The second-order valence-corrected chi connectivity index (χ2v) is 4.60. The van der Waals surface area contributed by atoms with Gasteiger partial charge in [0.1, 0.15) is 5.54 Å². The van der Waals surface area contributed by atoms with E-state index >= 15 is 0 Å². The SMILES string of the molecule is CC/C=C(C)/C(=C\N(C)C(C)(C)C(N)=O)[N+](=O)[O-]. The minimum Gasteiger partial charge on any atom is -0.368 e. The highest BCUT2D eigenvalue weighted by Crippen LogP contribution is 2.17. The summed E-state index contributed by atoms with van der Waals surface area (Å²) in [6.07, 6.45) is 3.81. The van der Waals surface area contributed by atoms with Crippen LogP contribution >= 0.6 is 0 Å². The molecule has 6 heteroatoms. The molecule has 0 saturated carbocycles. The Morgan fingerprint density at radius 2 is 2.00 bits per heavy atom. The molecule has 0 atom stereocenters. The average Bonchev–Trinajstić information content (AvgIpc) is 2.24. The Morgan fingerprint density at radius 3 is 2.33 bits per heavy atom. The van der Waals surface area contributed by atoms with Crippen LogP contribution in [0, 0.1) is 10.1 Å². The molecule has 0 aliphatic rings. The number of carbonyl (C=O) groups excluding carboxylic acids is 1. The van der Waals surface area contributed by atoms with Crippen molar-refractivity contribution in [2.75, 3.05) is 7.05 Å². The lowest BCUT2D eigenvalue weighted by Crippen LogP contribution is -2.49. The molecule has 1 amide bonds. The van der Waals surface area contributed by atoms with Crippen LogP contribution in [0.15, 0.2) is 23.5 Å². The van der Waals surface area contributed by atoms with Crippen LogP contribution in [-0.4, -0.2) is 28.3 Å². The number of nitro groups is 1. The first-order valence-corrected chi connectivity index (χ1v) is 5.70. The molecule has 0 rings (SSSR count). The molecule has 0 aliphatic carbocycles. The minimum absolute atomic E-state index is 0.0336. The summed E-state index contributed by atoms with van der Waals surface area (Å²) >= 11 is 0. The quantitative estimate of drug-likeness (QED) is 0.444. The van der Waals surface area contributed by atoms with Gasteiger partial charge in [-0.3, -0.25) is 14.9 Å². The predicted octanol–water partition coefficient (Wildman–Crippen LogP) is 1.66. The van der Waals surface area contributed by atoms with Crippen molar-refractivity contribution >= 4 is 5.91 Å². The number of nitrogens with zero attached hydrogens (tertiary/aromatic N) is 2. The molecule has 0 aromatic carbocycles. The highest BCUT2D eigenvalue weighted by molar-refractivity contribution is 5.83. The first-order valence-electron chi connectivity index (χ1n) is 5.70. The predicted molar refractivity (Wildman–Crippen MR) is 70.2 cm³/mol. The third kappa shape index (κ3) is 3.87. The van der Waals surface area contributed by atoms with Crippen molar-refractivity contribution < 1.29 is 9.72 Å². The third-order valence-corrected chi connectivity index (χ3v) is 2.91. The Bertz CT molecular complexity index is 397. The number of hydrogen-bond donors (Lipinski definition) is 1. The molecule has 0 aliphatic heterocycles. The Labute approximate surface area is 107 Å². The lowest BCUT2D eigenvalue weighted by Gasteiger charge is -2.31. The van der Waals surface area contributed by atoms with Crippen LogP contribution in [-0.2, 0) is 4.79 Å². The molecule has 102 valence electrons. The van der Waals surface area contributed by atoms with Crippen LogP contribution in [0.3, 0.4) is 0 Å². The lowest BCUT2D eigenvalue weighted by molar-refractivity contribution is -0.421. The number of carbonyl (C=O) groups is 1. The van der Waals surface area contributed by atoms with E-state index in [1.807, 2.05) is 6.92 Å². The van der Waals surface area contributed by atoms with Crippen molar-refractivity contribution in [2.45, 2.75) is 39.7 Å². The first kappa shape index (κ1) is 16.1. The number of amides is 1. The van der Waals surface area contributed by atoms with E-state index in [1.54, 1.807) is 33.9 Å². The molecule has 6 nitrogen and oxygen atoms in total. The van der Waals surface area contributed by atoms with Crippen LogP contribution < -0.4 is 5.73 Å². The van der Waals surface area contributed by atoms with Gasteiger partial charge in [0, 0.05) is 12.6 Å². The van der Waals surface area contributed by atoms with E-state index in [1.165, 1.54) is 11.1 Å². The molecule has 0 aromatic rings. The minimum atomic E-state index is -0.978. The maximum Gasteiger partial charge on any atom is 0.287 e. The summed E-state index contributed by atoms with van der Waals surface area (Å²) in [6.45, 7) is 6.80. The van der Waals surface area contributed by atoms with Crippen molar-refractivity contribution in [3.63, 3.8) is 0 Å². The number of likely N-dealkylation sites (N-methyl/N-ethyl adjacent to an activating group) is 1. The van der Waals surface area contributed by atoms with Gasteiger partial charge in [0.05, 0.1) is 11.1 Å². The Balaban J connectivity index is 5.40. The molecular formula is C12H21N3O3. The first-order chi connectivity index (χ1) is 8.14. The van der Waals surface area contributed by atoms with Gasteiger partial charge in [-0.25, -0.2) is 0 Å². The largest absolute Gasteiger partial charge is 0.368 e. The molecule has 0 aromatic heterocycles. The maximum absolute atomic E-state index is 11.3. The number of primary amides is 1. The van der Waals surface area contributed by atoms with Crippen LogP contribution in [0.25, 0.3) is 0 Å². The van der Waals surface area contributed by atoms with Gasteiger partial charge in [0.25, 0.3) is 5.70 Å². The molecule has 18 heavy (non-hydrogen) atoms. The van der Waals surface area contributed by atoms with E-state index in [0.717, 1.165) is 0 Å². The van der Waals surface area contributed by atoms with Crippen molar-refractivity contribution in [2.24, 2.45) is 5.73 Å². The molecule has 0 saturated heterocycles. The zero-order valence-electron chi connectivity index (χ0n) is 11.6. The van der Waals surface area contributed by atoms with E-state index < -0.39 is 16.4 Å². The van der Waals surface area contributed by atoms with Gasteiger partial charge < -0.3 is 10.6 Å². The van der Waals surface area contributed by atoms with Crippen LogP contribution in [0.2, 0.25) is 0 Å². The summed E-state index contributed by atoms with van der Waals surface area (Å²) in [5.74, 6) is -0.541. The van der Waals surface area contributed by atoms with E-state index in [4.69, 9.17) is 5.73 Å². The molecule has 0 heterocycles. The smallest absolute Gasteiger partial charge is 0.287 e. The molecule has 0 unspecified atom stereocenters. The van der Waals surface area contributed by atoms with Crippen molar-refractivity contribution in [1.82, 2.24) is 4.90 Å². The van der Waals surface area contributed by atoms with Gasteiger partial charge in [-0.15, -0.1) is 0 Å². The van der Waals surface area contributed by atoms with Crippen molar-refractivity contribution in [3.8, 4) is 0 Å². The van der Waals surface area contributed by atoms with Crippen LogP contribution in [0.1, 0.15) is 34.1 Å². The second-order valence-electron chi connectivity index (χ2n) is 4.60. The summed E-state index contributed by atoms with van der Waals surface area (Å²) in [5.41, 5.74) is 4.82. The van der Waals surface area contributed by atoms with Crippen molar-refractivity contribution in [1.29, 1.82) is 0 Å². The standard InChI is InChI=1S/C12H21N3O3/c1-6-7-9(2)10(15(17)18)8-14(5)12(3,4)11(13)16/h7-8H,6H2,1-5H3,(H2,13,16)/b9-7+,10-8+. The molecule has 0 radical (unpaired) electrons. The van der Waals surface area contributed by atoms with E-state index in [0.29, 0.717) is 12.0 Å². The summed E-state index contributed by atoms with van der Waals surface area (Å²) < 4.78 is 0. The summed E-state index contributed by atoms with van der Waals surface area (Å²) in [5, 5.41) is 11.0. The topological polar surface area (TPSA) is 89.5 Å². The van der Waals surface area contributed by atoms with Crippen LogP contribution in [0.5, 0.6) is 0 Å². The normalized spacial score (nSPS) is 13.4. The van der Waals surface area contributed by atoms with Crippen LogP contribution in [0.4, 0.5) is 0 Å².